The summed E-state index contributed by atoms with van der Waals surface area (Å²) < 4.78 is 29.2. The number of likely N-dealkylation sites (tertiary alicyclic amines) is 1. The molecule has 1 fully saturated rings. The van der Waals surface area contributed by atoms with Gasteiger partial charge in [0.15, 0.2) is 5.82 Å². The number of nitrogens with zero attached hydrogens (tertiary/aromatic N) is 4. The van der Waals surface area contributed by atoms with Crippen molar-refractivity contribution in [1.82, 2.24) is 19.4 Å². The first-order valence-electron chi connectivity index (χ1n) is 9.15. The summed E-state index contributed by atoms with van der Waals surface area (Å²) in [5.41, 5.74) is 7.51. The van der Waals surface area contributed by atoms with Crippen molar-refractivity contribution in [3.8, 4) is 11.3 Å². The zero-order valence-electron chi connectivity index (χ0n) is 15.8. The summed E-state index contributed by atoms with van der Waals surface area (Å²) in [5.74, 6) is -0.919. The van der Waals surface area contributed by atoms with Crippen LogP contribution in [-0.2, 0) is 6.54 Å². The van der Waals surface area contributed by atoms with Gasteiger partial charge in [0, 0.05) is 43.4 Å². The van der Waals surface area contributed by atoms with Crippen LogP contribution in [0.5, 0.6) is 0 Å². The number of imidazole rings is 1. The molecule has 0 atom stereocenters. The third-order valence-corrected chi connectivity index (χ3v) is 4.83. The van der Waals surface area contributed by atoms with E-state index in [9.17, 15) is 13.6 Å². The smallest absolute Gasteiger partial charge is 0.323 e. The van der Waals surface area contributed by atoms with Gasteiger partial charge in [0.25, 0.3) is 0 Å². The van der Waals surface area contributed by atoms with Crippen LogP contribution in [0.2, 0.25) is 0 Å². The number of aromatic nitrogens is 3. The SMILES string of the molecule is Cc1cn(CC2CN(C(=O)Nc3nc(-c4ccc(F)cc4F)ccc3N)C2)cn1. The molecule has 1 saturated heterocycles. The lowest BCUT2D eigenvalue weighted by Gasteiger charge is -2.39. The van der Waals surface area contributed by atoms with E-state index >= 15 is 0 Å². The minimum Gasteiger partial charge on any atom is -0.396 e. The van der Waals surface area contributed by atoms with Crippen LogP contribution < -0.4 is 11.1 Å². The molecule has 29 heavy (non-hydrogen) atoms. The van der Waals surface area contributed by atoms with Gasteiger partial charge in [0.05, 0.1) is 23.4 Å². The van der Waals surface area contributed by atoms with E-state index in [1.807, 2.05) is 17.7 Å². The quantitative estimate of drug-likeness (QED) is 0.706. The van der Waals surface area contributed by atoms with E-state index < -0.39 is 11.6 Å². The molecule has 150 valence electrons. The number of hydrogen-bond donors (Lipinski definition) is 2. The Labute approximate surface area is 166 Å². The monoisotopic (exact) mass is 398 g/mol. The standard InChI is InChI=1S/C20H20F2N6O/c1-12-7-27(11-24-12)8-13-9-28(10-13)20(29)26-19-17(23)4-5-18(25-19)15-3-2-14(21)6-16(15)22/h2-7,11,13H,8-10,23H2,1H3,(H,25,26,29). The van der Waals surface area contributed by atoms with E-state index in [-0.39, 0.29) is 28.8 Å². The number of amides is 2. The molecular weight excluding hydrogens is 378 g/mol. The number of carbonyl (C=O) groups is 1. The summed E-state index contributed by atoms with van der Waals surface area (Å²) in [7, 11) is 0. The Morgan fingerprint density at radius 2 is 2.07 bits per heavy atom. The Morgan fingerprint density at radius 1 is 1.28 bits per heavy atom. The average Bonchev–Trinajstić information content (AvgIpc) is 3.05. The van der Waals surface area contributed by atoms with Gasteiger partial charge in [-0.2, -0.15) is 0 Å². The number of anilines is 2. The lowest BCUT2D eigenvalue weighted by molar-refractivity contribution is 0.120. The largest absolute Gasteiger partial charge is 0.396 e. The molecule has 9 heteroatoms. The van der Waals surface area contributed by atoms with Crippen LogP contribution in [0.15, 0.2) is 42.9 Å². The minimum atomic E-state index is -0.736. The van der Waals surface area contributed by atoms with E-state index in [2.05, 4.69) is 15.3 Å². The molecule has 1 aliphatic heterocycles. The molecular formula is C20H20F2N6O. The molecule has 3 heterocycles. The topological polar surface area (TPSA) is 89.1 Å². The highest BCUT2D eigenvalue weighted by Crippen LogP contribution is 2.27. The molecule has 3 N–H and O–H groups in total. The second-order valence-electron chi connectivity index (χ2n) is 7.17. The molecule has 2 amide bonds. The highest BCUT2D eigenvalue weighted by molar-refractivity contribution is 5.92. The van der Waals surface area contributed by atoms with Gasteiger partial charge >= 0.3 is 6.03 Å². The molecule has 7 nitrogen and oxygen atoms in total. The number of halogens is 2. The zero-order chi connectivity index (χ0) is 20.5. The number of carbonyl (C=O) groups excluding carboxylic acids is 1. The first-order valence-corrected chi connectivity index (χ1v) is 9.15. The van der Waals surface area contributed by atoms with Gasteiger partial charge in [-0.05, 0) is 31.2 Å². The Kier molecular flexibility index (Phi) is 4.87. The third-order valence-electron chi connectivity index (χ3n) is 4.83. The fourth-order valence-corrected chi connectivity index (χ4v) is 3.32. The number of hydrogen-bond acceptors (Lipinski definition) is 4. The van der Waals surface area contributed by atoms with Crippen LogP contribution in [0.3, 0.4) is 0 Å². The summed E-state index contributed by atoms with van der Waals surface area (Å²) in [6.07, 6.45) is 3.75. The highest BCUT2D eigenvalue weighted by Gasteiger charge is 2.31. The Bertz CT molecular complexity index is 1060. The average molecular weight is 398 g/mol. The van der Waals surface area contributed by atoms with Gasteiger partial charge in [-0.15, -0.1) is 0 Å². The van der Waals surface area contributed by atoms with Gasteiger partial charge in [-0.25, -0.2) is 23.5 Å². The molecule has 1 aromatic carbocycles. The predicted octanol–water partition coefficient (Wildman–Crippen LogP) is 3.28. The molecule has 0 spiro atoms. The highest BCUT2D eigenvalue weighted by atomic mass is 19.1. The summed E-state index contributed by atoms with van der Waals surface area (Å²) in [5, 5.41) is 2.68. The number of pyridine rings is 1. The zero-order valence-corrected chi connectivity index (χ0v) is 15.8. The van der Waals surface area contributed by atoms with Crippen LogP contribution in [0.4, 0.5) is 25.1 Å². The molecule has 0 aliphatic carbocycles. The number of nitrogen functional groups attached to an aromatic ring is 1. The maximum Gasteiger partial charge on any atom is 0.323 e. The first kappa shape index (κ1) is 18.9. The van der Waals surface area contributed by atoms with Crippen molar-refractivity contribution < 1.29 is 13.6 Å². The summed E-state index contributed by atoms with van der Waals surface area (Å²) in [6, 6.07) is 5.96. The fourth-order valence-electron chi connectivity index (χ4n) is 3.32. The van der Waals surface area contributed by atoms with Crippen molar-refractivity contribution in [2.24, 2.45) is 5.92 Å². The maximum absolute atomic E-state index is 14.0. The Hall–Kier alpha value is -3.49. The minimum absolute atomic E-state index is 0.126. The van der Waals surface area contributed by atoms with Crippen molar-refractivity contribution in [1.29, 1.82) is 0 Å². The number of urea groups is 1. The second kappa shape index (κ2) is 7.50. The lowest BCUT2D eigenvalue weighted by Crippen LogP contribution is -2.53. The Balaban J connectivity index is 1.41. The molecule has 4 rings (SSSR count). The molecule has 0 bridgehead atoms. The van der Waals surface area contributed by atoms with Gasteiger partial charge < -0.3 is 15.2 Å². The molecule has 0 saturated carbocycles. The molecule has 3 aromatic rings. The molecule has 2 aromatic heterocycles. The number of nitrogens with one attached hydrogen (secondary N) is 1. The van der Waals surface area contributed by atoms with Crippen molar-refractivity contribution in [3.05, 3.63) is 60.2 Å². The predicted molar refractivity (Wildman–Crippen MR) is 105 cm³/mol. The summed E-state index contributed by atoms with van der Waals surface area (Å²) >= 11 is 0. The van der Waals surface area contributed by atoms with Crippen LogP contribution in [0, 0.1) is 24.5 Å². The van der Waals surface area contributed by atoms with Gasteiger partial charge in [-0.3, -0.25) is 5.32 Å². The third kappa shape index (κ3) is 4.03. The number of benzene rings is 1. The van der Waals surface area contributed by atoms with Crippen molar-refractivity contribution in [2.75, 3.05) is 24.1 Å². The van der Waals surface area contributed by atoms with Gasteiger partial charge in [0.2, 0.25) is 0 Å². The number of rotatable bonds is 4. The van der Waals surface area contributed by atoms with Crippen molar-refractivity contribution in [2.45, 2.75) is 13.5 Å². The lowest BCUT2D eigenvalue weighted by atomic mass is 10.0. The van der Waals surface area contributed by atoms with E-state index in [0.29, 0.717) is 19.0 Å². The normalized spacial score (nSPS) is 14.0. The molecule has 0 unspecified atom stereocenters. The summed E-state index contributed by atoms with van der Waals surface area (Å²) in [4.78, 5) is 22.6. The van der Waals surface area contributed by atoms with Crippen LogP contribution in [0.1, 0.15) is 5.69 Å². The molecule has 0 radical (unpaired) electrons. The second-order valence-corrected chi connectivity index (χ2v) is 7.17. The van der Waals surface area contributed by atoms with Crippen LogP contribution in [0.25, 0.3) is 11.3 Å². The van der Waals surface area contributed by atoms with Crippen LogP contribution in [-0.4, -0.2) is 38.6 Å². The van der Waals surface area contributed by atoms with Gasteiger partial charge in [0.1, 0.15) is 11.6 Å². The fraction of sp³-hybridized carbons (Fsp3) is 0.250. The van der Waals surface area contributed by atoms with E-state index in [1.165, 1.54) is 18.2 Å². The van der Waals surface area contributed by atoms with E-state index in [4.69, 9.17) is 5.73 Å². The van der Waals surface area contributed by atoms with Crippen molar-refractivity contribution >= 4 is 17.5 Å². The maximum atomic E-state index is 14.0. The van der Waals surface area contributed by atoms with E-state index in [0.717, 1.165) is 24.4 Å². The number of aryl methyl sites for hydroxylation is 1. The van der Waals surface area contributed by atoms with E-state index in [1.54, 1.807) is 11.2 Å². The molecule has 1 aliphatic rings. The Morgan fingerprint density at radius 3 is 2.76 bits per heavy atom. The first-order chi connectivity index (χ1) is 13.9. The summed E-state index contributed by atoms with van der Waals surface area (Å²) in [6.45, 7) is 3.94. The van der Waals surface area contributed by atoms with Crippen LogP contribution >= 0.6 is 0 Å². The number of nitrogens with two attached hydrogens (primary N) is 1. The van der Waals surface area contributed by atoms with Gasteiger partial charge in [-0.1, -0.05) is 0 Å². The van der Waals surface area contributed by atoms with Crippen molar-refractivity contribution in [3.63, 3.8) is 0 Å².